The van der Waals surface area contributed by atoms with Crippen LogP contribution in [0.25, 0.3) is 0 Å². The van der Waals surface area contributed by atoms with Crippen molar-refractivity contribution in [2.45, 2.75) is 56.8 Å². The first-order chi connectivity index (χ1) is 13.7. The molecule has 6 heteroatoms. The van der Waals surface area contributed by atoms with Crippen molar-refractivity contribution in [3.8, 4) is 5.75 Å². The lowest BCUT2D eigenvalue weighted by Crippen LogP contribution is -2.39. The molecule has 2 N–H and O–H groups in total. The molecule has 28 heavy (non-hydrogen) atoms. The molecule has 0 radical (unpaired) electrons. The Kier molecular flexibility index (Phi) is 5.76. The maximum atomic E-state index is 12.5. The van der Waals surface area contributed by atoms with E-state index in [0.29, 0.717) is 24.7 Å². The van der Waals surface area contributed by atoms with Crippen LogP contribution in [0.5, 0.6) is 5.75 Å². The summed E-state index contributed by atoms with van der Waals surface area (Å²) < 4.78 is 11.9. The normalized spacial score (nSPS) is 20.6. The van der Waals surface area contributed by atoms with Gasteiger partial charge in [0, 0.05) is 6.20 Å². The third-order valence-electron chi connectivity index (χ3n) is 5.55. The number of rotatable bonds is 5. The number of nitrogens with zero attached hydrogens (tertiary/aromatic N) is 1. The van der Waals surface area contributed by atoms with E-state index < -0.39 is 0 Å². The summed E-state index contributed by atoms with van der Waals surface area (Å²) in [6.45, 7) is 0.936. The lowest BCUT2D eigenvalue weighted by Gasteiger charge is -2.32. The van der Waals surface area contributed by atoms with Crippen molar-refractivity contribution < 1.29 is 14.3 Å². The molecule has 1 spiro atoms. The SMILES string of the molecule is O=C(Nc1ccccc1OCc1ccccn1)NC1COC2(CCCCC2)C1. The zero-order chi connectivity index (χ0) is 19.2. The molecule has 0 bridgehead atoms. The van der Waals surface area contributed by atoms with Crippen LogP contribution >= 0.6 is 0 Å². The van der Waals surface area contributed by atoms with Crippen LogP contribution in [-0.2, 0) is 11.3 Å². The fourth-order valence-corrected chi connectivity index (χ4v) is 4.16. The largest absolute Gasteiger partial charge is 0.485 e. The molecule has 148 valence electrons. The minimum atomic E-state index is -0.227. The molecule has 1 unspecified atom stereocenters. The Labute approximate surface area is 165 Å². The Balaban J connectivity index is 1.32. The molecule has 2 amide bonds. The van der Waals surface area contributed by atoms with Gasteiger partial charge in [-0.25, -0.2) is 4.79 Å². The number of hydrogen-bond donors (Lipinski definition) is 2. The average molecular weight is 381 g/mol. The van der Waals surface area contributed by atoms with Crippen LogP contribution in [0.4, 0.5) is 10.5 Å². The fraction of sp³-hybridized carbons (Fsp3) is 0.455. The van der Waals surface area contributed by atoms with Crippen LogP contribution in [0.1, 0.15) is 44.2 Å². The summed E-state index contributed by atoms with van der Waals surface area (Å²) in [5.41, 5.74) is 1.46. The van der Waals surface area contributed by atoms with Crippen LogP contribution in [-0.4, -0.2) is 29.3 Å². The van der Waals surface area contributed by atoms with Crippen molar-refractivity contribution in [1.29, 1.82) is 0 Å². The highest BCUT2D eigenvalue weighted by atomic mass is 16.5. The number of urea groups is 1. The van der Waals surface area contributed by atoms with E-state index in [2.05, 4.69) is 15.6 Å². The van der Waals surface area contributed by atoms with Gasteiger partial charge in [-0.3, -0.25) is 4.98 Å². The van der Waals surface area contributed by atoms with E-state index in [1.54, 1.807) is 6.20 Å². The summed E-state index contributed by atoms with van der Waals surface area (Å²) in [6, 6.07) is 13.0. The van der Waals surface area contributed by atoms with Crippen molar-refractivity contribution in [2.75, 3.05) is 11.9 Å². The van der Waals surface area contributed by atoms with E-state index in [9.17, 15) is 4.79 Å². The zero-order valence-corrected chi connectivity index (χ0v) is 16.0. The Morgan fingerprint density at radius 1 is 1.14 bits per heavy atom. The minimum absolute atomic E-state index is 0.0140. The molecule has 4 rings (SSSR count). The second-order valence-corrected chi connectivity index (χ2v) is 7.66. The highest BCUT2D eigenvalue weighted by Crippen LogP contribution is 2.39. The van der Waals surface area contributed by atoms with Crippen molar-refractivity contribution in [1.82, 2.24) is 10.3 Å². The lowest BCUT2D eigenvalue weighted by atomic mass is 9.82. The van der Waals surface area contributed by atoms with Gasteiger partial charge in [0.15, 0.2) is 0 Å². The quantitative estimate of drug-likeness (QED) is 0.811. The topological polar surface area (TPSA) is 72.5 Å². The number of nitrogens with one attached hydrogen (secondary N) is 2. The molecule has 2 aromatic rings. The summed E-state index contributed by atoms with van der Waals surface area (Å²) in [6.07, 6.45) is 8.59. The Bertz CT molecular complexity index is 791. The molecule has 1 atom stereocenters. The molecule has 2 fully saturated rings. The number of aromatic nitrogens is 1. The van der Waals surface area contributed by atoms with Crippen LogP contribution in [0, 0.1) is 0 Å². The Hall–Kier alpha value is -2.60. The summed E-state index contributed by atoms with van der Waals surface area (Å²) in [5, 5.41) is 5.97. The molecule has 2 heterocycles. The van der Waals surface area contributed by atoms with Crippen LogP contribution < -0.4 is 15.4 Å². The summed E-state index contributed by atoms with van der Waals surface area (Å²) in [5.74, 6) is 0.620. The van der Waals surface area contributed by atoms with E-state index in [1.165, 1.54) is 19.3 Å². The second-order valence-electron chi connectivity index (χ2n) is 7.66. The van der Waals surface area contributed by atoms with Crippen molar-refractivity contribution in [2.24, 2.45) is 0 Å². The smallest absolute Gasteiger partial charge is 0.319 e. The second kappa shape index (κ2) is 8.61. The van der Waals surface area contributed by atoms with E-state index >= 15 is 0 Å². The molecular formula is C22H27N3O3. The highest BCUT2D eigenvalue weighted by molar-refractivity contribution is 5.91. The monoisotopic (exact) mass is 381 g/mol. The van der Waals surface area contributed by atoms with Gasteiger partial charge < -0.3 is 20.1 Å². The molecule has 1 aliphatic heterocycles. The number of anilines is 1. The van der Waals surface area contributed by atoms with Gasteiger partial charge in [-0.05, 0) is 43.5 Å². The third kappa shape index (κ3) is 4.62. The summed E-state index contributed by atoms with van der Waals surface area (Å²) in [4.78, 5) is 16.8. The van der Waals surface area contributed by atoms with Crippen molar-refractivity contribution in [3.63, 3.8) is 0 Å². The maximum Gasteiger partial charge on any atom is 0.319 e. The van der Waals surface area contributed by atoms with E-state index in [-0.39, 0.29) is 17.7 Å². The first-order valence-corrected chi connectivity index (χ1v) is 10.1. The van der Waals surface area contributed by atoms with Gasteiger partial charge in [0.25, 0.3) is 0 Å². The molecule has 2 aliphatic rings. The number of benzene rings is 1. The standard InChI is InChI=1S/C22H27N3O3/c26-21(24-18-14-22(28-16-18)11-5-1-6-12-22)25-19-9-2-3-10-20(19)27-15-17-8-4-7-13-23-17/h2-4,7-10,13,18H,1,5-6,11-12,14-16H2,(H2,24,25,26). The van der Waals surface area contributed by atoms with Gasteiger partial charge in [-0.1, -0.05) is 37.5 Å². The van der Waals surface area contributed by atoms with Crippen LogP contribution in [0.15, 0.2) is 48.7 Å². The fourth-order valence-electron chi connectivity index (χ4n) is 4.16. The van der Waals surface area contributed by atoms with Gasteiger partial charge in [0.2, 0.25) is 0 Å². The molecule has 1 saturated carbocycles. The zero-order valence-electron chi connectivity index (χ0n) is 16.0. The average Bonchev–Trinajstić information content (AvgIpc) is 3.10. The van der Waals surface area contributed by atoms with Crippen molar-refractivity contribution >= 4 is 11.7 Å². The molecule has 1 aromatic carbocycles. The van der Waals surface area contributed by atoms with E-state index in [4.69, 9.17) is 9.47 Å². The number of pyridine rings is 1. The van der Waals surface area contributed by atoms with Crippen LogP contribution in [0.2, 0.25) is 0 Å². The van der Waals surface area contributed by atoms with Gasteiger partial charge in [0.05, 0.1) is 29.6 Å². The predicted molar refractivity (Wildman–Crippen MR) is 107 cm³/mol. The third-order valence-corrected chi connectivity index (χ3v) is 5.55. The molecule has 1 aliphatic carbocycles. The Morgan fingerprint density at radius 3 is 2.79 bits per heavy atom. The molecule has 6 nitrogen and oxygen atoms in total. The molecule has 1 saturated heterocycles. The number of amides is 2. The highest BCUT2D eigenvalue weighted by Gasteiger charge is 2.41. The predicted octanol–water partition coefficient (Wildman–Crippen LogP) is 4.27. The van der Waals surface area contributed by atoms with Gasteiger partial charge >= 0.3 is 6.03 Å². The molecule has 1 aromatic heterocycles. The molecular weight excluding hydrogens is 354 g/mol. The number of carbonyl (C=O) groups is 1. The maximum absolute atomic E-state index is 12.5. The van der Waals surface area contributed by atoms with Gasteiger partial charge in [-0.15, -0.1) is 0 Å². The number of hydrogen-bond acceptors (Lipinski definition) is 4. The minimum Gasteiger partial charge on any atom is -0.485 e. The van der Waals surface area contributed by atoms with E-state index in [1.807, 2.05) is 42.5 Å². The summed E-state index contributed by atoms with van der Waals surface area (Å²) in [7, 11) is 0. The summed E-state index contributed by atoms with van der Waals surface area (Å²) >= 11 is 0. The number of carbonyl (C=O) groups excluding carboxylic acids is 1. The van der Waals surface area contributed by atoms with Crippen LogP contribution in [0.3, 0.4) is 0 Å². The first-order valence-electron chi connectivity index (χ1n) is 10.1. The Morgan fingerprint density at radius 2 is 1.96 bits per heavy atom. The van der Waals surface area contributed by atoms with Gasteiger partial charge in [0.1, 0.15) is 12.4 Å². The van der Waals surface area contributed by atoms with E-state index in [0.717, 1.165) is 25.0 Å². The van der Waals surface area contributed by atoms with Gasteiger partial charge in [-0.2, -0.15) is 0 Å². The lowest BCUT2D eigenvalue weighted by molar-refractivity contribution is -0.0245. The van der Waals surface area contributed by atoms with Crippen molar-refractivity contribution in [3.05, 3.63) is 54.4 Å². The number of ether oxygens (including phenoxy) is 2. The number of para-hydroxylation sites is 2. The first kappa shape index (κ1) is 18.7.